The van der Waals surface area contributed by atoms with Gasteiger partial charge in [0, 0.05) is 31.9 Å². The fourth-order valence-corrected chi connectivity index (χ4v) is 2.57. The molecule has 0 aromatic carbocycles. The fraction of sp³-hybridized carbons (Fsp3) is 0.714. The first kappa shape index (κ1) is 14.1. The molecule has 1 heterocycles. The lowest BCUT2D eigenvalue weighted by Gasteiger charge is -2.28. The average molecular weight is 263 g/mol. The van der Waals surface area contributed by atoms with Crippen LogP contribution in [0.5, 0.6) is 0 Å². The van der Waals surface area contributed by atoms with Gasteiger partial charge in [0.1, 0.15) is 5.82 Å². The molecule has 3 N–H and O–H groups in total. The molecular weight excluding hydrogens is 238 g/mol. The second-order valence-corrected chi connectivity index (χ2v) is 5.68. The zero-order valence-corrected chi connectivity index (χ0v) is 12.2. The summed E-state index contributed by atoms with van der Waals surface area (Å²) in [4.78, 5) is 11.0. The van der Waals surface area contributed by atoms with Gasteiger partial charge >= 0.3 is 0 Å². The molecule has 1 aliphatic rings. The Morgan fingerprint density at radius 1 is 1.26 bits per heavy atom. The molecule has 5 nitrogen and oxygen atoms in total. The predicted molar refractivity (Wildman–Crippen MR) is 79.5 cm³/mol. The van der Waals surface area contributed by atoms with Gasteiger partial charge < -0.3 is 16.0 Å². The van der Waals surface area contributed by atoms with Crippen molar-refractivity contribution < 1.29 is 0 Å². The summed E-state index contributed by atoms with van der Waals surface area (Å²) in [5, 5.41) is 3.47. The summed E-state index contributed by atoms with van der Waals surface area (Å²) in [5.41, 5.74) is 6.72. The van der Waals surface area contributed by atoms with Crippen LogP contribution in [0.4, 0.5) is 11.8 Å². The van der Waals surface area contributed by atoms with E-state index in [0.29, 0.717) is 12.0 Å². The summed E-state index contributed by atoms with van der Waals surface area (Å²) >= 11 is 0. The Balaban J connectivity index is 1.99. The maximum Gasteiger partial charge on any atom is 0.225 e. The highest BCUT2D eigenvalue weighted by Crippen LogP contribution is 2.25. The van der Waals surface area contributed by atoms with Crippen LogP contribution in [0.2, 0.25) is 0 Å². The molecule has 0 aliphatic heterocycles. The van der Waals surface area contributed by atoms with E-state index < -0.39 is 0 Å². The highest BCUT2D eigenvalue weighted by Gasteiger charge is 2.20. The molecule has 2 rings (SSSR count). The van der Waals surface area contributed by atoms with Crippen molar-refractivity contribution >= 4 is 11.8 Å². The van der Waals surface area contributed by atoms with Crippen LogP contribution in [0.1, 0.15) is 31.4 Å². The fourth-order valence-electron chi connectivity index (χ4n) is 2.57. The molecule has 1 saturated carbocycles. The summed E-state index contributed by atoms with van der Waals surface area (Å²) in [6.45, 7) is 2.82. The van der Waals surface area contributed by atoms with Crippen molar-refractivity contribution in [3.8, 4) is 0 Å². The summed E-state index contributed by atoms with van der Waals surface area (Å²) in [6, 6.07) is 2.48. The van der Waals surface area contributed by atoms with Gasteiger partial charge in [-0.15, -0.1) is 0 Å². The van der Waals surface area contributed by atoms with Crippen LogP contribution < -0.4 is 16.0 Å². The minimum Gasteiger partial charge on any atom is -0.363 e. The van der Waals surface area contributed by atoms with Gasteiger partial charge in [-0.25, -0.2) is 4.98 Å². The zero-order chi connectivity index (χ0) is 13.8. The number of hydrogen-bond donors (Lipinski definition) is 2. The molecule has 0 bridgehead atoms. The van der Waals surface area contributed by atoms with Gasteiger partial charge in [0.2, 0.25) is 5.95 Å². The van der Waals surface area contributed by atoms with Gasteiger partial charge in [-0.3, -0.25) is 0 Å². The van der Waals surface area contributed by atoms with Crippen LogP contribution in [0.25, 0.3) is 0 Å². The second-order valence-electron chi connectivity index (χ2n) is 5.68. The van der Waals surface area contributed by atoms with Gasteiger partial charge in [0.25, 0.3) is 0 Å². The standard InChI is InChI=1S/C14H25N5/c1-10-8-13(19(2)3)18-14(16-10)17-12-6-4-11(9-15)5-7-12/h8,11-12H,4-7,9,15H2,1-3H3,(H,16,17,18)/t11-,12+. The molecule has 106 valence electrons. The highest BCUT2D eigenvalue weighted by molar-refractivity contribution is 5.43. The molecule has 19 heavy (non-hydrogen) atoms. The van der Waals surface area contributed by atoms with Crippen LogP contribution in [0.3, 0.4) is 0 Å². The summed E-state index contributed by atoms with van der Waals surface area (Å²) in [6.07, 6.45) is 4.74. The predicted octanol–water partition coefficient (Wildman–Crippen LogP) is 1.78. The van der Waals surface area contributed by atoms with Crippen LogP contribution in [0.15, 0.2) is 6.07 Å². The maximum absolute atomic E-state index is 5.72. The van der Waals surface area contributed by atoms with E-state index in [1.807, 2.05) is 32.0 Å². The number of nitrogens with two attached hydrogens (primary N) is 1. The van der Waals surface area contributed by atoms with Gasteiger partial charge in [-0.1, -0.05) is 0 Å². The van der Waals surface area contributed by atoms with E-state index >= 15 is 0 Å². The SMILES string of the molecule is Cc1cc(N(C)C)nc(N[C@H]2CC[C@@H](CN)CC2)n1. The van der Waals surface area contributed by atoms with Crippen molar-refractivity contribution in [2.75, 3.05) is 30.9 Å². The van der Waals surface area contributed by atoms with Crippen LogP contribution >= 0.6 is 0 Å². The quantitative estimate of drug-likeness (QED) is 0.866. The minimum atomic E-state index is 0.486. The molecule has 1 aromatic rings. The van der Waals surface area contributed by atoms with Crippen molar-refractivity contribution in [2.24, 2.45) is 11.7 Å². The lowest BCUT2D eigenvalue weighted by Crippen LogP contribution is -2.30. The Morgan fingerprint density at radius 2 is 1.95 bits per heavy atom. The normalized spacial score (nSPS) is 23.2. The molecule has 0 spiro atoms. The van der Waals surface area contributed by atoms with Crippen molar-refractivity contribution in [1.82, 2.24) is 9.97 Å². The van der Waals surface area contributed by atoms with E-state index in [9.17, 15) is 0 Å². The Bertz CT molecular complexity index is 410. The zero-order valence-electron chi connectivity index (χ0n) is 12.2. The monoisotopic (exact) mass is 263 g/mol. The van der Waals surface area contributed by atoms with Gasteiger partial charge in [-0.05, 0) is 45.1 Å². The first-order valence-electron chi connectivity index (χ1n) is 7.08. The maximum atomic E-state index is 5.72. The van der Waals surface area contributed by atoms with Crippen molar-refractivity contribution in [1.29, 1.82) is 0 Å². The third-order valence-electron chi connectivity index (χ3n) is 3.81. The van der Waals surface area contributed by atoms with Crippen molar-refractivity contribution in [3.63, 3.8) is 0 Å². The number of nitrogens with zero attached hydrogens (tertiary/aromatic N) is 3. The van der Waals surface area contributed by atoms with E-state index in [1.165, 1.54) is 12.8 Å². The van der Waals surface area contributed by atoms with E-state index in [4.69, 9.17) is 5.73 Å². The summed E-state index contributed by atoms with van der Waals surface area (Å²) < 4.78 is 0. The molecular formula is C14H25N5. The lowest BCUT2D eigenvalue weighted by atomic mass is 9.86. The Labute approximate surface area is 115 Å². The highest BCUT2D eigenvalue weighted by atomic mass is 15.2. The summed E-state index contributed by atoms with van der Waals surface area (Å²) in [7, 11) is 4.00. The van der Waals surface area contributed by atoms with Gasteiger partial charge in [0.15, 0.2) is 0 Å². The van der Waals surface area contributed by atoms with Crippen molar-refractivity contribution in [3.05, 3.63) is 11.8 Å². The number of aryl methyl sites for hydroxylation is 1. The third-order valence-corrected chi connectivity index (χ3v) is 3.81. The summed E-state index contributed by atoms with van der Waals surface area (Å²) in [5.74, 6) is 2.40. The number of hydrogen-bond acceptors (Lipinski definition) is 5. The Morgan fingerprint density at radius 3 is 2.53 bits per heavy atom. The smallest absolute Gasteiger partial charge is 0.225 e. The molecule has 1 aliphatic carbocycles. The number of nitrogens with one attached hydrogen (secondary N) is 1. The molecule has 0 saturated heterocycles. The van der Waals surface area contributed by atoms with E-state index in [-0.39, 0.29) is 0 Å². The van der Waals surface area contributed by atoms with E-state index in [0.717, 1.165) is 36.8 Å². The first-order valence-corrected chi connectivity index (χ1v) is 7.08. The topological polar surface area (TPSA) is 67.1 Å². The minimum absolute atomic E-state index is 0.486. The van der Waals surface area contributed by atoms with Crippen LogP contribution in [-0.2, 0) is 0 Å². The van der Waals surface area contributed by atoms with E-state index in [1.54, 1.807) is 0 Å². The number of rotatable bonds is 4. The molecule has 0 atom stereocenters. The third kappa shape index (κ3) is 3.80. The van der Waals surface area contributed by atoms with Crippen molar-refractivity contribution in [2.45, 2.75) is 38.6 Å². The van der Waals surface area contributed by atoms with Crippen LogP contribution in [-0.4, -0.2) is 36.6 Å². The lowest BCUT2D eigenvalue weighted by molar-refractivity contribution is 0.344. The van der Waals surface area contributed by atoms with Gasteiger partial charge in [-0.2, -0.15) is 4.98 Å². The van der Waals surface area contributed by atoms with Crippen LogP contribution in [0, 0.1) is 12.8 Å². The molecule has 5 heteroatoms. The molecule has 0 amide bonds. The molecule has 1 fully saturated rings. The molecule has 0 radical (unpaired) electrons. The first-order chi connectivity index (χ1) is 9.08. The molecule has 0 unspecified atom stereocenters. The molecule has 1 aromatic heterocycles. The number of aromatic nitrogens is 2. The Hall–Kier alpha value is -1.36. The number of anilines is 2. The largest absolute Gasteiger partial charge is 0.363 e. The second kappa shape index (κ2) is 6.19. The van der Waals surface area contributed by atoms with Gasteiger partial charge in [0.05, 0.1) is 0 Å². The average Bonchev–Trinajstić information content (AvgIpc) is 2.39. The van der Waals surface area contributed by atoms with E-state index in [2.05, 4.69) is 15.3 Å². The Kier molecular flexibility index (Phi) is 4.58.